The van der Waals surface area contributed by atoms with Gasteiger partial charge in [-0.15, -0.1) is 11.8 Å². The van der Waals surface area contributed by atoms with E-state index in [1.165, 1.54) is 17.4 Å². The lowest BCUT2D eigenvalue weighted by Crippen LogP contribution is -2.13. The van der Waals surface area contributed by atoms with Crippen LogP contribution < -0.4 is 10.1 Å². The number of hydrogen-bond donors (Lipinski definition) is 1. The molecule has 1 N–H and O–H groups in total. The first-order valence-corrected chi connectivity index (χ1v) is 8.58. The number of aromatic nitrogens is 1. The molecule has 7 heteroatoms. The lowest BCUT2D eigenvalue weighted by molar-refractivity contribution is -0.113. The van der Waals surface area contributed by atoms with Gasteiger partial charge in [-0.25, -0.2) is 9.37 Å². The molecular formula is C16H13FN2O2S2. The highest BCUT2D eigenvalue weighted by Crippen LogP contribution is 2.32. The van der Waals surface area contributed by atoms with Gasteiger partial charge in [-0.3, -0.25) is 4.79 Å². The first-order chi connectivity index (χ1) is 11.2. The maximum atomic E-state index is 13.5. The zero-order valence-corrected chi connectivity index (χ0v) is 13.8. The van der Waals surface area contributed by atoms with E-state index in [9.17, 15) is 9.18 Å². The minimum absolute atomic E-state index is 0.119. The van der Waals surface area contributed by atoms with E-state index in [0.717, 1.165) is 22.0 Å². The summed E-state index contributed by atoms with van der Waals surface area (Å²) >= 11 is 2.53. The Morgan fingerprint density at radius 2 is 2.13 bits per heavy atom. The van der Waals surface area contributed by atoms with Gasteiger partial charge in [0.15, 0.2) is 5.13 Å². The molecule has 0 spiro atoms. The third kappa shape index (κ3) is 3.62. The predicted octanol–water partition coefficient (Wildman–Crippen LogP) is 4.17. The Morgan fingerprint density at radius 3 is 2.91 bits per heavy atom. The fourth-order valence-electron chi connectivity index (χ4n) is 2.00. The highest BCUT2D eigenvalue weighted by molar-refractivity contribution is 8.00. The third-order valence-electron chi connectivity index (χ3n) is 3.04. The zero-order valence-electron chi connectivity index (χ0n) is 12.2. The Hall–Kier alpha value is -2.12. The van der Waals surface area contributed by atoms with Crippen molar-refractivity contribution in [3.63, 3.8) is 0 Å². The van der Waals surface area contributed by atoms with Crippen molar-refractivity contribution in [2.75, 3.05) is 18.2 Å². The van der Waals surface area contributed by atoms with Gasteiger partial charge >= 0.3 is 0 Å². The normalized spacial score (nSPS) is 10.7. The van der Waals surface area contributed by atoms with Crippen LogP contribution in [0.1, 0.15) is 0 Å². The topological polar surface area (TPSA) is 51.2 Å². The number of fused-ring (bicyclic) bond motifs is 1. The SMILES string of the molecule is COc1cccc2sc(NC(=O)CSc3ccccc3F)nc12. The number of benzene rings is 2. The number of hydrogen-bond acceptors (Lipinski definition) is 5. The molecule has 4 nitrogen and oxygen atoms in total. The summed E-state index contributed by atoms with van der Waals surface area (Å²) in [6.07, 6.45) is 0. The smallest absolute Gasteiger partial charge is 0.236 e. The van der Waals surface area contributed by atoms with Crippen LogP contribution in [0.25, 0.3) is 10.2 Å². The minimum Gasteiger partial charge on any atom is -0.494 e. The molecule has 118 valence electrons. The maximum Gasteiger partial charge on any atom is 0.236 e. The molecule has 0 atom stereocenters. The second kappa shape index (κ2) is 6.97. The molecule has 1 heterocycles. The van der Waals surface area contributed by atoms with Crippen molar-refractivity contribution in [1.29, 1.82) is 0 Å². The van der Waals surface area contributed by atoms with Crippen LogP contribution in [-0.4, -0.2) is 23.8 Å². The molecule has 0 saturated heterocycles. The summed E-state index contributed by atoms with van der Waals surface area (Å²) in [4.78, 5) is 16.8. The Kier molecular flexibility index (Phi) is 4.78. The van der Waals surface area contributed by atoms with Crippen LogP contribution in [0, 0.1) is 5.82 Å². The van der Waals surface area contributed by atoms with E-state index in [0.29, 0.717) is 15.8 Å². The van der Waals surface area contributed by atoms with E-state index in [1.807, 2.05) is 18.2 Å². The number of methoxy groups -OCH3 is 1. The van der Waals surface area contributed by atoms with E-state index in [-0.39, 0.29) is 17.5 Å². The van der Waals surface area contributed by atoms with Gasteiger partial charge in [0.05, 0.1) is 17.6 Å². The fourth-order valence-corrected chi connectivity index (χ4v) is 3.64. The first-order valence-electron chi connectivity index (χ1n) is 6.78. The van der Waals surface area contributed by atoms with Gasteiger partial charge in [0.2, 0.25) is 5.91 Å². The lowest BCUT2D eigenvalue weighted by atomic mass is 10.3. The average Bonchev–Trinajstić information content (AvgIpc) is 2.96. The third-order valence-corrected chi connectivity index (χ3v) is 5.03. The Morgan fingerprint density at radius 1 is 1.30 bits per heavy atom. The number of carbonyl (C=O) groups excluding carboxylic acids is 1. The molecule has 0 saturated carbocycles. The van der Waals surface area contributed by atoms with Crippen LogP contribution in [0.2, 0.25) is 0 Å². The molecule has 0 bridgehead atoms. The molecule has 3 aromatic rings. The van der Waals surface area contributed by atoms with E-state index < -0.39 is 0 Å². The minimum atomic E-state index is -0.324. The molecule has 0 fully saturated rings. The molecular weight excluding hydrogens is 335 g/mol. The van der Waals surface area contributed by atoms with Crippen LogP contribution in [0.5, 0.6) is 5.75 Å². The largest absolute Gasteiger partial charge is 0.494 e. The van der Waals surface area contributed by atoms with Gasteiger partial charge < -0.3 is 10.1 Å². The number of anilines is 1. The maximum absolute atomic E-state index is 13.5. The summed E-state index contributed by atoms with van der Waals surface area (Å²) in [5.41, 5.74) is 0.719. The van der Waals surface area contributed by atoms with Crippen molar-refractivity contribution in [2.45, 2.75) is 4.90 Å². The van der Waals surface area contributed by atoms with Crippen LogP contribution in [0.15, 0.2) is 47.4 Å². The van der Waals surface area contributed by atoms with E-state index in [2.05, 4.69) is 10.3 Å². The average molecular weight is 348 g/mol. The molecule has 3 rings (SSSR count). The van der Waals surface area contributed by atoms with Crippen molar-refractivity contribution in [1.82, 2.24) is 4.98 Å². The number of thioether (sulfide) groups is 1. The van der Waals surface area contributed by atoms with E-state index in [4.69, 9.17) is 4.74 Å². The Balaban J connectivity index is 1.67. The predicted molar refractivity (Wildman–Crippen MR) is 91.9 cm³/mol. The van der Waals surface area contributed by atoms with Gasteiger partial charge in [-0.1, -0.05) is 29.5 Å². The number of halogens is 1. The summed E-state index contributed by atoms with van der Waals surface area (Å²) in [5, 5.41) is 3.25. The first kappa shape index (κ1) is 15.8. The summed E-state index contributed by atoms with van der Waals surface area (Å²) in [6, 6.07) is 12.0. The summed E-state index contributed by atoms with van der Waals surface area (Å²) < 4.78 is 19.7. The van der Waals surface area contributed by atoms with E-state index >= 15 is 0 Å². The van der Waals surface area contributed by atoms with Crippen molar-refractivity contribution < 1.29 is 13.9 Å². The van der Waals surface area contributed by atoms with Gasteiger partial charge in [0.1, 0.15) is 17.1 Å². The monoisotopic (exact) mass is 348 g/mol. The van der Waals surface area contributed by atoms with Crippen molar-refractivity contribution in [3.05, 3.63) is 48.3 Å². The number of rotatable bonds is 5. The molecule has 0 unspecified atom stereocenters. The molecule has 1 aromatic heterocycles. The Bertz CT molecular complexity index is 851. The lowest BCUT2D eigenvalue weighted by Gasteiger charge is -2.03. The molecule has 2 aromatic carbocycles. The number of amides is 1. The van der Waals surface area contributed by atoms with Crippen LogP contribution in [0.4, 0.5) is 9.52 Å². The molecule has 23 heavy (non-hydrogen) atoms. The molecule has 0 aliphatic carbocycles. The number of nitrogens with zero attached hydrogens (tertiary/aromatic N) is 1. The second-order valence-electron chi connectivity index (χ2n) is 4.59. The van der Waals surface area contributed by atoms with Gasteiger partial charge in [-0.2, -0.15) is 0 Å². The summed E-state index contributed by atoms with van der Waals surface area (Å²) in [5.74, 6) is 0.236. The van der Waals surface area contributed by atoms with Gasteiger partial charge in [0.25, 0.3) is 0 Å². The van der Waals surface area contributed by atoms with E-state index in [1.54, 1.807) is 25.3 Å². The number of nitrogens with one attached hydrogen (secondary N) is 1. The standard InChI is InChI=1S/C16H13FN2O2S2/c1-21-11-6-4-8-13-15(11)19-16(23-13)18-14(20)9-22-12-7-3-2-5-10(12)17/h2-8H,9H2,1H3,(H,18,19,20). The summed E-state index contributed by atoms with van der Waals surface area (Å²) in [6.45, 7) is 0. The van der Waals surface area contributed by atoms with Crippen molar-refractivity contribution in [2.24, 2.45) is 0 Å². The highest BCUT2D eigenvalue weighted by atomic mass is 32.2. The number of ether oxygens (including phenoxy) is 1. The van der Waals surface area contributed by atoms with Gasteiger partial charge in [-0.05, 0) is 24.3 Å². The number of thiazole rings is 1. The van der Waals surface area contributed by atoms with Crippen molar-refractivity contribution in [3.8, 4) is 5.75 Å². The number of para-hydroxylation sites is 1. The van der Waals surface area contributed by atoms with Gasteiger partial charge in [0, 0.05) is 4.90 Å². The van der Waals surface area contributed by atoms with Crippen LogP contribution >= 0.6 is 23.1 Å². The second-order valence-corrected chi connectivity index (χ2v) is 6.64. The molecule has 0 radical (unpaired) electrons. The van der Waals surface area contributed by atoms with Crippen LogP contribution in [0.3, 0.4) is 0 Å². The summed E-state index contributed by atoms with van der Waals surface area (Å²) in [7, 11) is 1.58. The fraction of sp³-hybridized carbons (Fsp3) is 0.125. The molecule has 1 amide bonds. The molecule has 0 aliphatic heterocycles. The quantitative estimate of drug-likeness (QED) is 0.703. The number of carbonyl (C=O) groups is 1. The highest BCUT2D eigenvalue weighted by Gasteiger charge is 2.12. The zero-order chi connectivity index (χ0) is 16.2. The van der Waals surface area contributed by atoms with Crippen molar-refractivity contribution >= 4 is 44.4 Å². The molecule has 0 aliphatic rings. The Labute approximate surface area is 140 Å². The van der Waals surface area contributed by atoms with Crippen LogP contribution in [-0.2, 0) is 4.79 Å².